The predicted molar refractivity (Wildman–Crippen MR) is 78.4 cm³/mol. The molecule has 116 valence electrons. The maximum atomic E-state index is 12.3. The van der Waals surface area contributed by atoms with E-state index in [0.29, 0.717) is 24.3 Å². The molecule has 2 heterocycles. The molecule has 6 nitrogen and oxygen atoms in total. The number of carbonyl (C=O) groups is 3. The fraction of sp³-hybridized carbons (Fsp3) is 0.438. The number of fused-ring (bicyclic) bond motifs is 1. The van der Waals surface area contributed by atoms with Gasteiger partial charge in [0.05, 0.1) is 17.2 Å². The highest BCUT2D eigenvalue weighted by molar-refractivity contribution is 6.22. The van der Waals surface area contributed by atoms with Crippen molar-refractivity contribution in [2.75, 3.05) is 13.2 Å². The van der Waals surface area contributed by atoms with E-state index >= 15 is 0 Å². The Balaban J connectivity index is 1.67. The monoisotopic (exact) mass is 302 g/mol. The van der Waals surface area contributed by atoms with E-state index in [1.807, 2.05) is 0 Å². The lowest BCUT2D eigenvalue weighted by atomic mass is 10.1. The Kier molecular flexibility index (Phi) is 3.94. The summed E-state index contributed by atoms with van der Waals surface area (Å²) in [5.41, 5.74) is 0.706. The third-order valence-corrected chi connectivity index (χ3v) is 4.12. The highest BCUT2D eigenvalue weighted by Gasteiger charge is 2.40. The van der Waals surface area contributed by atoms with E-state index in [4.69, 9.17) is 4.74 Å². The molecular weight excluding hydrogens is 284 g/mol. The fourth-order valence-electron chi connectivity index (χ4n) is 2.84. The van der Waals surface area contributed by atoms with Crippen molar-refractivity contribution in [2.24, 2.45) is 0 Å². The first-order chi connectivity index (χ1) is 10.6. The van der Waals surface area contributed by atoms with E-state index in [0.717, 1.165) is 17.7 Å². The van der Waals surface area contributed by atoms with Crippen LogP contribution in [0.1, 0.15) is 40.5 Å². The highest BCUT2D eigenvalue weighted by atomic mass is 16.5. The molecule has 0 bridgehead atoms. The van der Waals surface area contributed by atoms with Gasteiger partial charge in [-0.15, -0.1) is 0 Å². The number of nitrogens with zero attached hydrogens (tertiary/aromatic N) is 1. The standard InChI is InChI=1S/C16H18N2O4/c1-10(14(19)17-9-11-5-4-8-22-11)18-15(20)12-6-2-3-7-13(12)16(18)21/h2-3,6-7,10-11H,4-5,8-9H2,1H3,(H,17,19)/t10-,11+/m1/s1. The van der Waals surface area contributed by atoms with Gasteiger partial charge in [-0.3, -0.25) is 19.3 Å². The number of rotatable bonds is 4. The van der Waals surface area contributed by atoms with E-state index in [1.54, 1.807) is 31.2 Å². The molecule has 0 saturated carbocycles. The van der Waals surface area contributed by atoms with Gasteiger partial charge in [0.15, 0.2) is 0 Å². The molecule has 1 N–H and O–H groups in total. The van der Waals surface area contributed by atoms with Crippen molar-refractivity contribution >= 4 is 17.7 Å². The Hall–Kier alpha value is -2.21. The van der Waals surface area contributed by atoms with E-state index in [1.165, 1.54) is 0 Å². The summed E-state index contributed by atoms with van der Waals surface area (Å²) < 4.78 is 5.44. The van der Waals surface area contributed by atoms with Gasteiger partial charge in [0.1, 0.15) is 6.04 Å². The summed E-state index contributed by atoms with van der Waals surface area (Å²) in [6.07, 6.45) is 1.94. The predicted octanol–water partition coefficient (Wildman–Crippen LogP) is 0.966. The molecule has 0 aromatic heterocycles. The van der Waals surface area contributed by atoms with Crippen LogP contribution in [0.25, 0.3) is 0 Å². The zero-order chi connectivity index (χ0) is 15.7. The number of amides is 3. The van der Waals surface area contributed by atoms with Crippen molar-refractivity contribution in [3.8, 4) is 0 Å². The number of benzene rings is 1. The summed E-state index contributed by atoms with van der Waals surface area (Å²) in [5.74, 6) is -1.18. The Morgan fingerprint density at radius 1 is 1.32 bits per heavy atom. The van der Waals surface area contributed by atoms with Gasteiger partial charge in [0.25, 0.3) is 11.8 Å². The number of imide groups is 1. The second-order valence-corrected chi connectivity index (χ2v) is 5.58. The molecule has 1 saturated heterocycles. The molecule has 2 aliphatic rings. The SMILES string of the molecule is C[C@H](C(=O)NC[C@@H]1CCCO1)N1C(=O)c2ccccc2C1=O. The van der Waals surface area contributed by atoms with Crippen LogP contribution in [-0.4, -0.2) is 47.9 Å². The van der Waals surface area contributed by atoms with Crippen molar-refractivity contribution in [1.82, 2.24) is 10.2 Å². The number of carbonyl (C=O) groups excluding carboxylic acids is 3. The third-order valence-electron chi connectivity index (χ3n) is 4.12. The molecule has 1 aromatic carbocycles. The van der Waals surface area contributed by atoms with Crippen molar-refractivity contribution in [3.05, 3.63) is 35.4 Å². The molecule has 0 unspecified atom stereocenters. The Morgan fingerprint density at radius 2 is 1.95 bits per heavy atom. The molecule has 2 aliphatic heterocycles. The Bertz CT molecular complexity index is 587. The first kappa shape index (κ1) is 14.7. The zero-order valence-corrected chi connectivity index (χ0v) is 12.4. The van der Waals surface area contributed by atoms with Gasteiger partial charge in [-0.05, 0) is 31.9 Å². The maximum Gasteiger partial charge on any atom is 0.262 e. The van der Waals surface area contributed by atoms with Gasteiger partial charge >= 0.3 is 0 Å². The van der Waals surface area contributed by atoms with Crippen LogP contribution in [-0.2, 0) is 9.53 Å². The second-order valence-electron chi connectivity index (χ2n) is 5.58. The Labute approximate surface area is 128 Å². The molecule has 6 heteroatoms. The average molecular weight is 302 g/mol. The number of hydrogen-bond acceptors (Lipinski definition) is 4. The molecule has 0 radical (unpaired) electrons. The summed E-state index contributed by atoms with van der Waals surface area (Å²) in [5, 5.41) is 2.76. The van der Waals surface area contributed by atoms with Crippen molar-refractivity contribution in [1.29, 1.82) is 0 Å². The normalized spacial score (nSPS) is 21.9. The summed E-state index contributed by atoms with van der Waals surface area (Å²) in [7, 11) is 0. The third kappa shape index (κ3) is 2.50. The van der Waals surface area contributed by atoms with E-state index < -0.39 is 17.9 Å². The van der Waals surface area contributed by atoms with Crippen LogP contribution in [0.15, 0.2) is 24.3 Å². The minimum absolute atomic E-state index is 0.0262. The van der Waals surface area contributed by atoms with Crippen LogP contribution >= 0.6 is 0 Å². The first-order valence-corrected chi connectivity index (χ1v) is 7.46. The van der Waals surface area contributed by atoms with Crippen LogP contribution < -0.4 is 5.32 Å². The number of hydrogen-bond donors (Lipinski definition) is 1. The van der Waals surface area contributed by atoms with Crippen LogP contribution in [0.2, 0.25) is 0 Å². The van der Waals surface area contributed by atoms with Crippen molar-refractivity contribution < 1.29 is 19.1 Å². The average Bonchev–Trinajstić information content (AvgIpc) is 3.13. The molecular formula is C16H18N2O4. The summed E-state index contributed by atoms with van der Waals surface area (Å²) in [4.78, 5) is 37.9. The molecule has 0 spiro atoms. The van der Waals surface area contributed by atoms with Crippen LogP contribution in [0, 0.1) is 0 Å². The van der Waals surface area contributed by atoms with E-state index in [-0.39, 0.29) is 12.0 Å². The topological polar surface area (TPSA) is 75.7 Å². The van der Waals surface area contributed by atoms with E-state index in [2.05, 4.69) is 5.32 Å². The lowest BCUT2D eigenvalue weighted by Crippen LogP contribution is -2.49. The number of nitrogens with one attached hydrogen (secondary N) is 1. The smallest absolute Gasteiger partial charge is 0.262 e. The summed E-state index contributed by atoms with van der Waals surface area (Å²) in [6.45, 7) is 2.69. The molecule has 22 heavy (non-hydrogen) atoms. The lowest BCUT2D eigenvalue weighted by molar-refractivity contribution is -0.125. The molecule has 1 fully saturated rings. The van der Waals surface area contributed by atoms with Gasteiger partial charge in [-0.2, -0.15) is 0 Å². The molecule has 0 aliphatic carbocycles. The largest absolute Gasteiger partial charge is 0.376 e. The minimum Gasteiger partial charge on any atom is -0.376 e. The summed E-state index contributed by atoms with van der Waals surface area (Å²) in [6, 6.07) is 5.78. The highest BCUT2D eigenvalue weighted by Crippen LogP contribution is 2.24. The first-order valence-electron chi connectivity index (χ1n) is 7.46. The molecule has 3 amide bonds. The quantitative estimate of drug-likeness (QED) is 0.841. The lowest BCUT2D eigenvalue weighted by Gasteiger charge is -2.22. The van der Waals surface area contributed by atoms with E-state index in [9.17, 15) is 14.4 Å². The summed E-state index contributed by atoms with van der Waals surface area (Å²) >= 11 is 0. The van der Waals surface area contributed by atoms with Crippen LogP contribution in [0.5, 0.6) is 0 Å². The Morgan fingerprint density at radius 3 is 2.50 bits per heavy atom. The second kappa shape index (κ2) is 5.88. The van der Waals surface area contributed by atoms with Crippen molar-refractivity contribution in [3.63, 3.8) is 0 Å². The van der Waals surface area contributed by atoms with Gasteiger partial charge in [-0.1, -0.05) is 12.1 Å². The van der Waals surface area contributed by atoms with Gasteiger partial charge < -0.3 is 10.1 Å². The molecule has 1 aromatic rings. The molecule has 2 atom stereocenters. The van der Waals surface area contributed by atoms with Crippen molar-refractivity contribution in [2.45, 2.75) is 31.9 Å². The van der Waals surface area contributed by atoms with Crippen LogP contribution in [0.3, 0.4) is 0 Å². The fourth-order valence-corrected chi connectivity index (χ4v) is 2.84. The zero-order valence-electron chi connectivity index (χ0n) is 12.4. The van der Waals surface area contributed by atoms with Crippen LogP contribution in [0.4, 0.5) is 0 Å². The molecule has 3 rings (SSSR count). The van der Waals surface area contributed by atoms with Gasteiger partial charge in [0, 0.05) is 13.2 Å². The minimum atomic E-state index is -0.839. The maximum absolute atomic E-state index is 12.3. The van der Waals surface area contributed by atoms with Gasteiger partial charge in [-0.25, -0.2) is 0 Å². The van der Waals surface area contributed by atoms with Gasteiger partial charge in [0.2, 0.25) is 5.91 Å². The number of ether oxygens (including phenoxy) is 1.